The Morgan fingerprint density at radius 1 is 1.29 bits per heavy atom. The van der Waals surface area contributed by atoms with E-state index in [1.54, 1.807) is 7.11 Å². The van der Waals surface area contributed by atoms with Crippen molar-refractivity contribution in [3.05, 3.63) is 59.2 Å². The summed E-state index contributed by atoms with van der Waals surface area (Å²) < 4.78 is 32.7. The van der Waals surface area contributed by atoms with E-state index in [1.807, 2.05) is 29.2 Å². The maximum atomic E-state index is 14.1. The minimum atomic E-state index is -0.561. The van der Waals surface area contributed by atoms with Crippen molar-refractivity contribution in [1.82, 2.24) is 0 Å². The van der Waals surface area contributed by atoms with Crippen LogP contribution in [0.3, 0.4) is 0 Å². The molecule has 1 atom stereocenters. The predicted molar refractivity (Wildman–Crippen MR) is 77.3 cm³/mol. The zero-order valence-corrected chi connectivity index (χ0v) is 11.6. The molecule has 1 unspecified atom stereocenters. The van der Waals surface area contributed by atoms with Crippen molar-refractivity contribution in [2.24, 2.45) is 5.73 Å². The summed E-state index contributed by atoms with van der Waals surface area (Å²) in [5.41, 5.74) is 7.83. The summed E-state index contributed by atoms with van der Waals surface area (Å²) in [5.74, 6) is -0.383. The molecule has 2 aromatic rings. The molecule has 1 aliphatic rings. The van der Waals surface area contributed by atoms with E-state index < -0.39 is 11.6 Å². The molecule has 1 aliphatic heterocycles. The highest BCUT2D eigenvalue weighted by Crippen LogP contribution is 2.39. The van der Waals surface area contributed by atoms with E-state index in [0.717, 1.165) is 11.8 Å². The Morgan fingerprint density at radius 3 is 2.81 bits per heavy atom. The van der Waals surface area contributed by atoms with Gasteiger partial charge >= 0.3 is 0 Å². The number of benzene rings is 2. The Labute approximate surface area is 121 Å². The zero-order valence-electron chi connectivity index (χ0n) is 11.6. The standard InChI is InChI=1S/C16H16F2N2O/c1-21-13-4-2-3-12(7-13)20-9-10-5-11(17)6-14(18)16(10)15(20)8-19/h2-7,15H,8-9,19H2,1H3. The van der Waals surface area contributed by atoms with Gasteiger partial charge in [-0.05, 0) is 23.8 Å². The number of halogens is 2. The molecular formula is C16H16F2N2O. The fraction of sp³-hybridized carbons (Fsp3) is 0.250. The normalized spacial score (nSPS) is 17.0. The molecular weight excluding hydrogens is 274 g/mol. The lowest BCUT2D eigenvalue weighted by atomic mass is 10.0. The molecule has 0 aliphatic carbocycles. The van der Waals surface area contributed by atoms with E-state index >= 15 is 0 Å². The number of nitrogens with zero attached hydrogens (tertiary/aromatic N) is 1. The van der Waals surface area contributed by atoms with Crippen LogP contribution in [-0.2, 0) is 6.54 Å². The molecule has 110 valence electrons. The Hall–Kier alpha value is -2.14. The molecule has 2 N–H and O–H groups in total. The summed E-state index contributed by atoms with van der Waals surface area (Å²) in [6.07, 6.45) is 0. The third-order valence-corrected chi connectivity index (χ3v) is 3.84. The number of nitrogens with two attached hydrogens (primary N) is 1. The highest BCUT2D eigenvalue weighted by atomic mass is 19.1. The molecule has 3 nitrogen and oxygen atoms in total. The molecule has 0 saturated carbocycles. The molecule has 0 saturated heterocycles. The lowest BCUT2D eigenvalue weighted by Crippen LogP contribution is -2.28. The van der Waals surface area contributed by atoms with Crippen LogP contribution in [-0.4, -0.2) is 13.7 Å². The molecule has 0 spiro atoms. The van der Waals surface area contributed by atoms with E-state index in [2.05, 4.69) is 0 Å². The Bertz CT molecular complexity index is 675. The van der Waals surface area contributed by atoms with Crippen LogP contribution in [0.2, 0.25) is 0 Å². The second-order valence-corrected chi connectivity index (χ2v) is 5.04. The van der Waals surface area contributed by atoms with Crippen molar-refractivity contribution in [3.8, 4) is 5.75 Å². The molecule has 1 heterocycles. The molecule has 3 rings (SSSR count). The minimum Gasteiger partial charge on any atom is -0.497 e. The average molecular weight is 290 g/mol. The lowest BCUT2D eigenvalue weighted by molar-refractivity contribution is 0.414. The smallest absolute Gasteiger partial charge is 0.131 e. The minimum absolute atomic E-state index is 0.257. The van der Waals surface area contributed by atoms with Gasteiger partial charge in [0.15, 0.2) is 0 Å². The first-order chi connectivity index (χ1) is 10.1. The van der Waals surface area contributed by atoms with Gasteiger partial charge in [0.1, 0.15) is 17.4 Å². The third-order valence-electron chi connectivity index (χ3n) is 3.84. The van der Waals surface area contributed by atoms with Gasteiger partial charge in [-0.1, -0.05) is 6.07 Å². The molecule has 2 aromatic carbocycles. The van der Waals surface area contributed by atoms with E-state index in [9.17, 15) is 8.78 Å². The second kappa shape index (κ2) is 5.33. The number of rotatable bonds is 3. The van der Waals surface area contributed by atoms with Gasteiger partial charge < -0.3 is 15.4 Å². The first-order valence-electron chi connectivity index (χ1n) is 6.72. The van der Waals surface area contributed by atoms with Crippen molar-refractivity contribution >= 4 is 5.69 Å². The van der Waals surface area contributed by atoms with Crippen LogP contribution < -0.4 is 15.4 Å². The summed E-state index contributed by atoms with van der Waals surface area (Å²) in [5, 5.41) is 0. The highest BCUT2D eigenvalue weighted by Gasteiger charge is 2.32. The average Bonchev–Trinajstić information content (AvgIpc) is 2.85. The summed E-state index contributed by atoms with van der Waals surface area (Å²) in [6, 6.07) is 9.46. The first kappa shape index (κ1) is 13.8. The van der Waals surface area contributed by atoms with Crippen LogP contribution in [0.4, 0.5) is 14.5 Å². The monoisotopic (exact) mass is 290 g/mol. The van der Waals surface area contributed by atoms with Crippen LogP contribution in [0.25, 0.3) is 0 Å². The van der Waals surface area contributed by atoms with E-state index in [1.165, 1.54) is 6.07 Å². The SMILES string of the molecule is COc1cccc(N2Cc3cc(F)cc(F)c3C2CN)c1. The van der Waals surface area contributed by atoms with Crippen molar-refractivity contribution in [2.75, 3.05) is 18.6 Å². The Morgan fingerprint density at radius 2 is 2.10 bits per heavy atom. The molecule has 5 heteroatoms. The number of ether oxygens (including phenoxy) is 1. The van der Waals surface area contributed by atoms with Gasteiger partial charge in [0.25, 0.3) is 0 Å². The number of fused-ring (bicyclic) bond motifs is 1. The van der Waals surface area contributed by atoms with E-state index in [0.29, 0.717) is 23.4 Å². The van der Waals surface area contributed by atoms with Crippen LogP contribution in [0.15, 0.2) is 36.4 Å². The molecule has 0 radical (unpaired) electrons. The van der Waals surface area contributed by atoms with Gasteiger partial charge in [0, 0.05) is 36.5 Å². The Balaban J connectivity index is 2.04. The van der Waals surface area contributed by atoms with Gasteiger partial charge in [0.2, 0.25) is 0 Å². The fourth-order valence-corrected chi connectivity index (χ4v) is 2.90. The van der Waals surface area contributed by atoms with Gasteiger partial charge in [-0.15, -0.1) is 0 Å². The van der Waals surface area contributed by atoms with Crippen LogP contribution in [0, 0.1) is 11.6 Å². The lowest BCUT2D eigenvalue weighted by Gasteiger charge is -2.26. The predicted octanol–water partition coefficient (Wildman–Crippen LogP) is 2.99. The van der Waals surface area contributed by atoms with Gasteiger partial charge in [-0.25, -0.2) is 8.78 Å². The maximum Gasteiger partial charge on any atom is 0.131 e. The van der Waals surface area contributed by atoms with Gasteiger partial charge in [0.05, 0.1) is 13.2 Å². The van der Waals surface area contributed by atoms with Crippen molar-refractivity contribution in [3.63, 3.8) is 0 Å². The third kappa shape index (κ3) is 2.34. The molecule has 0 amide bonds. The summed E-state index contributed by atoms with van der Waals surface area (Å²) in [6.45, 7) is 0.686. The van der Waals surface area contributed by atoms with Gasteiger partial charge in [-0.2, -0.15) is 0 Å². The number of hydrogen-bond donors (Lipinski definition) is 1. The molecule has 0 fully saturated rings. The number of anilines is 1. The number of hydrogen-bond acceptors (Lipinski definition) is 3. The van der Waals surface area contributed by atoms with E-state index in [4.69, 9.17) is 10.5 Å². The maximum absolute atomic E-state index is 14.1. The molecule has 0 aromatic heterocycles. The van der Waals surface area contributed by atoms with Crippen LogP contribution >= 0.6 is 0 Å². The van der Waals surface area contributed by atoms with Crippen LogP contribution in [0.5, 0.6) is 5.75 Å². The summed E-state index contributed by atoms with van der Waals surface area (Å²) >= 11 is 0. The van der Waals surface area contributed by atoms with Gasteiger partial charge in [-0.3, -0.25) is 0 Å². The molecule has 0 bridgehead atoms. The van der Waals surface area contributed by atoms with Crippen molar-refractivity contribution < 1.29 is 13.5 Å². The number of methoxy groups -OCH3 is 1. The quantitative estimate of drug-likeness (QED) is 0.944. The summed E-state index contributed by atoms with van der Waals surface area (Å²) in [7, 11) is 1.59. The Kier molecular flexibility index (Phi) is 3.51. The van der Waals surface area contributed by atoms with Crippen molar-refractivity contribution in [2.45, 2.75) is 12.6 Å². The topological polar surface area (TPSA) is 38.5 Å². The fourth-order valence-electron chi connectivity index (χ4n) is 2.90. The summed E-state index contributed by atoms with van der Waals surface area (Å²) in [4.78, 5) is 1.97. The van der Waals surface area contributed by atoms with Crippen LogP contribution in [0.1, 0.15) is 17.2 Å². The second-order valence-electron chi connectivity index (χ2n) is 5.04. The highest BCUT2D eigenvalue weighted by molar-refractivity contribution is 5.57. The largest absolute Gasteiger partial charge is 0.497 e. The first-order valence-corrected chi connectivity index (χ1v) is 6.72. The molecule has 21 heavy (non-hydrogen) atoms. The van der Waals surface area contributed by atoms with Crippen molar-refractivity contribution in [1.29, 1.82) is 0 Å². The van der Waals surface area contributed by atoms with E-state index in [-0.39, 0.29) is 12.6 Å². The zero-order chi connectivity index (χ0) is 15.0.